The normalized spacial score (nSPS) is 9.94. The van der Waals surface area contributed by atoms with Crippen LogP contribution in [-0.4, -0.2) is 9.52 Å². The van der Waals surface area contributed by atoms with E-state index in [0.29, 0.717) is 0 Å². The van der Waals surface area contributed by atoms with Crippen LogP contribution >= 0.6 is 18.6 Å². The van der Waals surface area contributed by atoms with Gasteiger partial charge in [-0.1, -0.05) is 126 Å². The molecule has 0 N–H and O–H groups in total. The zero-order valence-electron chi connectivity index (χ0n) is 22.6. The molecule has 0 fully saturated rings. The Balaban J connectivity index is 0.000000296. The van der Waals surface area contributed by atoms with E-state index in [1.807, 2.05) is 0 Å². The third kappa shape index (κ3) is 13.8. The molecule has 0 aliphatic carbocycles. The van der Waals surface area contributed by atoms with Gasteiger partial charge in [0.2, 0.25) is 0 Å². The quantitative estimate of drug-likeness (QED) is 0.159. The fourth-order valence-corrected chi connectivity index (χ4v) is 3.80. The Hall–Kier alpha value is -1.35. The molecule has 0 bridgehead atoms. The Morgan fingerprint density at radius 2 is 0.972 bits per heavy atom. The van der Waals surface area contributed by atoms with Crippen molar-refractivity contribution < 1.29 is 17.0 Å². The van der Waals surface area contributed by atoms with Crippen molar-refractivity contribution in [3.8, 4) is 22.3 Å². The molecule has 0 atom stereocenters. The van der Waals surface area contributed by atoms with Crippen LogP contribution in [0, 0.1) is 11.8 Å². The summed E-state index contributed by atoms with van der Waals surface area (Å²) in [4.78, 5) is 0. The van der Waals surface area contributed by atoms with Crippen LogP contribution in [0.4, 0.5) is 0 Å². The summed E-state index contributed by atoms with van der Waals surface area (Å²) >= 11 is -0.556. The van der Waals surface area contributed by atoms with Crippen molar-refractivity contribution in [3.63, 3.8) is 0 Å². The van der Waals surface area contributed by atoms with Crippen molar-refractivity contribution in [2.24, 2.45) is 11.8 Å². The average Bonchev–Trinajstić information content (AvgIpc) is 3.51. The van der Waals surface area contributed by atoms with Gasteiger partial charge in [-0.3, -0.25) is 0 Å². The molecule has 4 aromatic carbocycles. The first-order chi connectivity index (χ1) is 17.3. The minimum atomic E-state index is -0.556. The third-order valence-electron chi connectivity index (χ3n) is 5.14. The number of halogens is 2. The first-order valence-electron chi connectivity index (χ1n) is 12.7. The summed E-state index contributed by atoms with van der Waals surface area (Å²) in [5.41, 5.74) is 8.20. The summed E-state index contributed by atoms with van der Waals surface area (Å²) in [6.07, 6.45) is 2.35. The number of hydrogen-bond donors (Lipinski definition) is 0. The summed E-state index contributed by atoms with van der Waals surface area (Å²) < 4.78 is 0. The monoisotopic (exact) mass is 571 g/mol. The first-order valence-corrected chi connectivity index (χ1v) is 19.3. The fourth-order valence-electron chi connectivity index (χ4n) is 3.80. The Kier molecular flexibility index (Phi) is 17.9. The fraction of sp³-hybridized carbons (Fsp3) is 0.312. The van der Waals surface area contributed by atoms with Crippen molar-refractivity contribution in [2.75, 3.05) is 0 Å². The molecule has 0 spiro atoms. The molecule has 1 radical (unpaired) electrons. The van der Waals surface area contributed by atoms with Gasteiger partial charge in [0, 0.05) is 9.52 Å². The molecule has 0 saturated heterocycles. The molecule has 0 heterocycles. The number of rotatable bonds is 6. The van der Waals surface area contributed by atoms with Crippen LogP contribution in [0.1, 0.15) is 38.8 Å². The van der Waals surface area contributed by atoms with Crippen molar-refractivity contribution in [3.05, 3.63) is 108 Å². The van der Waals surface area contributed by atoms with Gasteiger partial charge < -0.3 is 0 Å². The van der Waals surface area contributed by atoms with E-state index in [-0.39, 0.29) is 0 Å². The Bertz CT molecular complexity index is 950. The molecule has 4 rings (SSSR count). The van der Waals surface area contributed by atoms with E-state index < -0.39 is 17.0 Å². The number of benzene rings is 2. The third-order valence-corrected chi connectivity index (χ3v) is 5.14. The molecule has 4 aromatic rings. The predicted molar refractivity (Wildman–Crippen MR) is 163 cm³/mol. The Morgan fingerprint density at radius 3 is 1.25 bits per heavy atom. The molecule has 0 saturated carbocycles. The van der Waals surface area contributed by atoms with E-state index in [9.17, 15) is 0 Å². The van der Waals surface area contributed by atoms with E-state index in [1.165, 1.54) is 46.2 Å². The van der Waals surface area contributed by atoms with Crippen LogP contribution in [0.25, 0.3) is 22.3 Å². The van der Waals surface area contributed by atoms with Gasteiger partial charge in [-0.2, -0.15) is 35.4 Å². The van der Waals surface area contributed by atoms with Gasteiger partial charge in [0.05, 0.1) is 0 Å². The minimum absolute atomic E-state index is 0.556. The second-order valence-electron chi connectivity index (χ2n) is 9.59. The maximum absolute atomic E-state index is 4.89. The van der Waals surface area contributed by atoms with Gasteiger partial charge in [-0.25, -0.2) is 0 Å². The molecule has 0 aliphatic heterocycles. The Labute approximate surface area is 239 Å². The van der Waals surface area contributed by atoms with Gasteiger partial charge in [-0.15, -0.1) is 34.4 Å². The zero-order valence-corrected chi connectivity index (χ0v) is 26.9. The van der Waals surface area contributed by atoms with Gasteiger partial charge in [-0.05, 0) is 0 Å². The van der Waals surface area contributed by atoms with Crippen molar-refractivity contribution in [1.29, 1.82) is 0 Å². The SMILES string of the molecule is CC(C)Cc1c[cH-]c(-c2ccccc2)c1.CC(C)Cc1c[cH-]c(-c2ccccc2)c1.C[SiH]C.[Cl][Ti][Cl]. The molecule has 193 valence electrons. The van der Waals surface area contributed by atoms with Crippen molar-refractivity contribution >= 4 is 28.1 Å². The van der Waals surface area contributed by atoms with E-state index >= 15 is 0 Å². The van der Waals surface area contributed by atoms with Crippen LogP contribution in [-0.2, 0) is 29.9 Å². The molecule has 0 amide bonds. The topological polar surface area (TPSA) is 0 Å². The molecule has 0 aliphatic rings. The maximum atomic E-state index is 4.89. The molecule has 0 unspecified atom stereocenters. The van der Waals surface area contributed by atoms with Crippen LogP contribution in [0.5, 0.6) is 0 Å². The molecule has 0 nitrogen and oxygen atoms in total. The van der Waals surface area contributed by atoms with Gasteiger partial charge in [0.1, 0.15) is 0 Å². The summed E-state index contributed by atoms with van der Waals surface area (Å²) in [5.74, 6) is 1.46. The molecular weight excluding hydrogens is 531 g/mol. The average molecular weight is 573 g/mol. The van der Waals surface area contributed by atoms with E-state index in [1.54, 1.807) is 0 Å². The first kappa shape index (κ1) is 32.7. The second-order valence-corrected chi connectivity index (χ2v) is 13.3. The summed E-state index contributed by atoms with van der Waals surface area (Å²) in [6.45, 7) is 13.5. The molecule has 4 heteroatoms. The van der Waals surface area contributed by atoms with E-state index in [0.717, 1.165) is 21.4 Å². The van der Waals surface area contributed by atoms with Crippen molar-refractivity contribution in [1.82, 2.24) is 0 Å². The van der Waals surface area contributed by atoms with Crippen LogP contribution in [0.3, 0.4) is 0 Å². The van der Waals surface area contributed by atoms with Crippen LogP contribution in [0.15, 0.2) is 97.1 Å². The van der Waals surface area contributed by atoms with Crippen LogP contribution in [0.2, 0.25) is 13.1 Å². The summed E-state index contributed by atoms with van der Waals surface area (Å²) in [7, 11) is 10.5. The Morgan fingerprint density at radius 1 is 0.667 bits per heavy atom. The van der Waals surface area contributed by atoms with Gasteiger partial charge >= 0.3 is 35.6 Å². The standard InChI is InChI=1S/2C15H17.C2H7Si.2ClH.Ti/c2*1-12(2)10-13-8-9-15(11-13)14-6-4-3-5-7-14;1-3-2;;;/h2*3-9,11-12H,10H2,1-2H3;3H,1-2H3;2*1H;/q2*-1;;;;+2/p-2. The number of hydrogen-bond acceptors (Lipinski definition) is 0. The zero-order chi connectivity index (χ0) is 26.8. The van der Waals surface area contributed by atoms with Gasteiger partial charge in [0.15, 0.2) is 0 Å². The molecular formula is C32H41Cl2SiTi-2. The molecule has 36 heavy (non-hydrogen) atoms. The second kappa shape index (κ2) is 19.7. The van der Waals surface area contributed by atoms with Gasteiger partial charge in [0.25, 0.3) is 0 Å². The van der Waals surface area contributed by atoms with E-state index in [2.05, 4.69) is 138 Å². The van der Waals surface area contributed by atoms with Crippen LogP contribution < -0.4 is 0 Å². The predicted octanol–water partition coefficient (Wildman–Crippen LogP) is 10.4. The summed E-state index contributed by atoms with van der Waals surface area (Å²) in [5, 5.41) is 0. The van der Waals surface area contributed by atoms with Crippen molar-refractivity contribution in [2.45, 2.75) is 53.6 Å². The summed E-state index contributed by atoms with van der Waals surface area (Å²) in [6, 6.07) is 34.6. The molecule has 0 aromatic heterocycles. The van der Waals surface area contributed by atoms with E-state index in [4.69, 9.17) is 18.6 Å².